The monoisotopic (exact) mass is 183 g/mol. The molecular formula is C8H13N3S. The predicted molar refractivity (Wildman–Crippen MR) is 51.7 cm³/mol. The van der Waals surface area contributed by atoms with Crippen molar-refractivity contribution >= 4 is 11.9 Å². The van der Waals surface area contributed by atoms with E-state index in [4.69, 9.17) is 5.14 Å². The van der Waals surface area contributed by atoms with Gasteiger partial charge in [0, 0.05) is 23.6 Å². The molecule has 1 rings (SSSR count). The van der Waals surface area contributed by atoms with Gasteiger partial charge in [0.1, 0.15) is 5.82 Å². The fraction of sp³-hybridized carbons (Fsp3) is 0.500. The van der Waals surface area contributed by atoms with Crippen LogP contribution in [0.1, 0.15) is 25.6 Å². The van der Waals surface area contributed by atoms with Gasteiger partial charge in [0.15, 0.2) is 0 Å². The van der Waals surface area contributed by atoms with Crippen molar-refractivity contribution in [3.63, 3.8) is 0 Å². The second kappa shape index (κ2) is 4.42. The number of nitrogens with zero attached hydrogens (tertiary/aromatic N) is 2. The van der Waals surface area contributed by atoms with E-state index >= 15 is 0 Å². The molecule has 0 fully saturated rings. The lowest BCUT2D eigenvalue weighted by atomic mass is 10.1. The van der Waals surface area contributed by atoms with Gasteiger partial charge in [0.25, 0.3) is 0 Å². The van der Waals surface area contributed by atoms with Crippen LogP contribution in [0.25, 0.3) is 0 Å². The molecule has 2 N–H and O–H groups in total. The Hall–Kier alpha value is -0.610. The Balaban J connectivity index is 2.71. The Labute approximate surface area is 76.9 Å². The zero-order valence-corrected chi connectivity index (χ0v) is 8.08. The van der Waals surface area contributed by atoms with Crippen LogP contribution in [0.3, 0.4) is 0 Å². The van der Waals surface area contributed by atoms with Gasteiger partial charge in [-0.05, 0) is 6.07 Å². The molecule has 2 atom stereocenters. The second-order valence-electron chi connectivity index (χ2n) is 2.74. The van der Waals surface area contributed by atoms with Crippen molar-refractivity contribution in [3.8, 4) is 0 Å². The minimum Gasteiger partial charge on any atom is -0.278 e. The van der Waals surface area contributed by atoms with Crippen LogP contribution in [0.15, 0.2) is 18.5 Å². The first-order valence-corrected chi connectivity index (χ1v) is 4.82. The van der Waals surface area contributed by atoms with E-state index in [-0.39, 0.29) is 0 Å². The van der Waals surface area contributed by atoms with E-state index in [1.54, 1.807) is 12.4 Å². The first-order chi connectivity index (χ1) is 5.75. The smallest absolute Gasteiger partial charge is 0.132 e. The average Bonchev–Trinajstić information content (AvgIpc) is 2.17. The summed E-state index contributed by atoms with van der Waals surface area (Å²) in [5.41, 5.74) is 0. The SMILES string of the molecule is CC(SN)C(C)c1ncccn1. The van der Waals surface area contributed by atoms with Crippen LogP contribution in [0.2, 0.25) is 0 Å². The van der Waals surface area contributed by atoms with Gasteiger partial charge < -0.3 is 0 Å². The van der Waals surface area contributed by atoms with E-state index in [0.717, 1.165) is 5.82 Å². The minimum atomic E-state index is 0.307. The normalized spacial score (nSPS) is 15.6. The van der Waals surface area contributed by atoms with E-state index in [9.17, 15) is 0 Å². The number of hydrogen-bond donors (Lipinski definition) is 1. The summed E-state index contributed by atoms with van der Waals surface area (Å²) >= 11 is 1.35. The van der Waals surface area contributed by atoms with Gasteiger partial charge in [-0.2, -0.15) is 0 Å². The van der Waals surface area contributed by atoms with E-state index in [1.165, 1.54) is 11.9 Å². The van der Waals surface area contributed by atoms with Crippen LogP contribution < -0.4 is 5.14 Å². The van der Waals surface area contributed by atoms with Crippen molar-refractivity contribution in [1.29, 1.82) is 0 Å². The highest BCUT2D eigenvalue weighted by Crippen LogP contribution is 2.21. The summed E-state index contributed by atoms with van der Waals surface area (Å²) in [6, 6.07) is 1.82. The van der Waals surface area contributed by atoms with E-state index in [1.807, 2.05) is 6.07 Å². The maximum Gasteiger partial charge on any atom is 0.132 e. The lowest BCUT2D eigenvalue weighted by Gasteiger charge is -2.14. The van der Waals surface area contributed by atoms with Crippen LogP contribution >= 0.6 is 11.9 Å². The molecular weight excluding hydrogens is 170 g/mol. The predicted octanol–water partition coefficient (Wildman–Crippen LogP) is 1.58. The van der Waals surface area contributed by atoms with Gasteiger partial charge in [-0.25, -0.2) is 9.97 Å². The summed E-state index contributed by atoms with van der Waals surface area (Å²) in [7, 11) is 0. The Bertz CT molecular complexity index is 227. The van der Waals surface area contributed by atoms with Crippen molar-refractivity contribution in [2.45, 2.75) is 25.0 Å². The van der Waals surface area contributed by atoms with Crippen LogP contribution in [0.5, 0.6) is 0 Å². The lowest BCUT2D eigenvalue weighted by Crippen LogP contribution is -2.13. The highest BCUT2D eigenvalue weighted by atomic mass is 32.2. The van der Waals surface area contributed by atoms with Gasteiger partial charge >= 0.3 is 0 Å². The van der Waals surface area contributed by atoms with E-state index in [2.05, 4.69) is 23.8 Å². The van der Waals surface area contributed by atoms with Crippen LogP contribution in [-0.4, -0.2) is 15.2 Å². The highest BCUT2D eigenvalue weighted by Gasteiger charge is 2.15. The van der Waals surface area contributed by atoms with Crippen molar-refractivity contribution in [2.24, 2.45) is 5.14 Å². The molecule has 0 saturated carbocycles. The largest absolute Gasteiger partial charge is 0.278 e. The van der Waals surface area contributed by atoms with Gasteiger partial charge in [0.05, 0.1) is 0 Å². The molecule has 0 aliphatic rings. The Morgan fingerprint density at radius 1 is 1.33 bits per heavy atom. The molecule has 0 aliphatic carbocycles. The molecule has 12 heavy (non-hydrogen) atoms. The zero-order chi connectivity index (χ0) is 8.97. The van der Waals surface area contributed by atoms with Gasteiger partial charge in [-0.15, -0.1) is 0 Å². The third kappa shape index (κ3) is 2.19. The maximum absolute atomic E-state index is 5.47. The van der Waals surface area contributed by atoms with Gasteiger partial charge in [-0.1, -0.05) is 25.8 Å². The first-order valence-electron chi connectivity index (χ1n) is 3.88. The highest BCUT2D eigenvalue weighted by molar-refractivity contribution is 7.97. The number of aromatic nitrogens is 2. The summed E-state index contributed by atoms with van der Waals surface area (Å²) in [5.74, 6) is 1.17. The summed E-state index contributed by atoms with van der Waals surface area (Å²) in [6.07, 6.45) is 3.51. The Morgan fingerprint density at radius 3 is 2.42 bits per heavy atom. The Morgan fingerprint density at radius 2 is 1.92 bits per heavy atom. The van der Waals surface area contributed by atoms with Gasteiger partial charge in [0.2, 0.25) is 0 Å². The first kappa shape index (κ1) is 9.48. The van der Waals surface area contributed by atoms with Crippen molar-refractivity contribution in [1.82, 2.24) is 9.97 Å². The molecule has 0 bridgehead atoms. The standard InChI is InChI=1S/C8H13N3S/c1-6(7(2)12-9)8-10-4-3-5-11-8/h3-7H,9H2,1-2H3. The third-order valence-corrected chi connectivity index (χ3v) is 2.75. The fourth-order valence-electron chi connectivity index (χ4n) is 0.874. The molecule has 2 unspecified atom stereocenters. The molecule has 0 aromatic carbocycles. The van der Waals surface area contributed by atoms with Crippen LogP contribution in [0.4, 0.5) is 0 Å². The van der Waals surface area contributed by atoms with E-state index in [0.29, 0.717) is 11.2 Å². The van der Waals surface area contributed by atoms with Gasteiger partial charge in [-0.3, -0.25) is 5.14 Å². The molecule has 0 amide bonds. The average molecular weight is 183 g/mol. The number of hydrogen-bond acceptors (Lipinski definition) is 4. The molecule has 0 aliphatic heterocycles. The van der Waals surface area contributed by atoms with E-state index < -0.39 is 0 Å². The quantitative estimate of drug-likeness (QED) is 0.723. The Kier molecular flexibility index (Phi) is 3.49. The minimum absolute atomic E-state index is 0.307. The molecule has 0 radical (unpaired) electrons. The molecule has 0 spiro atoms. The second-order valence-corrected chi connectivity index (χ2v) is 3.75. The lowest BCUT2D eigenvalue weighted by molar-refractivity contribution is 0.693. The summed E-state index contributed by atoms with van der Waals surface area (Å²) in [4.78, 5) is 8.34. The molecule has 1 aromatic heterocycles. The zero-order valence-electron chi connectivity index (χ0n) is 7.27. The molecule has 4 heteroatoms. The molecule has 66 valence electrons. The molecule has 1 heterocycles. The fourth-order valence-corrected chi connectivity index (χ4v) is 1.23. The maximum atomic E-state index is 5.47. The molecule has 0 saturated heterocycles. The topological polar surface area (TPSA) is 51.8 Å². The summed E-state index contributed by atoms with van der Waals surface area (Å²) in [5, 5.41) is 5.83. The molecule has 1 aromatic rings. The van der Waals surface area contributed by atoms with Crippen LogP contribution in [0, 0.1) is 0 Å². The van der Waals surface area contributed by atoms with Crippen molar-refractivity contribution in [2.75, 3.05) is 0 Å². The van der Waals surface area contributed by atoms with Crippen molar-refractivity contribution < 1.29 is 0 Å². The summed E-state index contributed by atoms with van der Waals surface area (Å²) in [6.45, 7) is 4.16. The summed E-state index contributed by atoms with van der Waals surface area (Å²) < 4.78 is 0. The van der Waals surface area contributed by atoms with Crippen LogP contribution in [-0.2, 0) is 0 Å². The van der Waals surface area contributed by atoms with Crippen molar-refractivity contribution in [3.05, 3.63) is 24.3 Å². The number of nitrogens with two attached hydrogens (primary N) is 1. The number of rotatable bonds is 3. The third-order valence-electron chi connectivity index (χ3n) is 1.91. The molecule has 3 nitrogen and oxygen atoms in total.